The molecule has 0 heterocycles. The van der Waals surface area contributed by atoms with Crippen LogP contribution in [0.25, 0.3) is 0 Å². The number of benzene rings is 1. The summed E-state index contributed by atoms with van der Waals surface area (Å²) in [6.07, 6.45) is 4.01. The highest BCUT2D eigenvalue weighted by molar-refractivity contribution is 5.36. The van der Waals surface area contributed by atoms with E-state index < -0.39 is 0 Å². The molecule has 0 amide bonds. The SMILES string of the molecule is C.CCC(C)C1CC(CC)C(C)c2ccccc21. The average Bonchev–Trinajstić information content (AvgIpc) is 2.38. The fourth-order valence-electron chi connectivity index (χ4n) is 3.52. The summed E-state index contributed by atoms with van der Waals surface area (Å²) in [7, 11) is 0. The van der Waals surface area contributed by atoms with Crippen molar-refractivity contribution in [1.82, 2.24) is 0 Å². The Morgan fingerprint density at radius 1 is 1.17 bits per heavy atom. The molecule has 0 aromatic heterocycles. The highest BCUT2D eigenvalue weighted by Crippen LogP contribution is 2.47. The first kappa shape index (κ1) is 15.3. The zero-order valence-corrected chi connectivity index (χ0v) is 11.7. The van der Waals surface area contributed by atoms with E-state index in [1.807, 2.05) is 0 Å². The minimum atomic E-state index is 0. The van der Waals surface area contributed by atoms with Gasteiger partial charge in [-0.2, -0.15) is 0 Å². The Kier molecular flexibility index (Phi) is 5.44. The topological polar surface area (TPSA) is 0 Å². The van der Waals surface area contributed by atoms with Gasteiger partial charge in [0.1, 0.15) is 0 Å². The number of hydrogen-bond acceptors (Lipinski definition) is 0. The molecule has 0 radical (unpaired) electrons. The molecule has 1 aromatic carbocycles. The van der Waals surface area contributed by atoms with Gasteiger partial charge in [-0.1, -0.05) is 72.2 Å². The van der Waals surface area contributed by atoms with Crippen molar-refractivity contribution in [2.24, 2.45) is 11.8 Å². The van der Waals surface area contributed by atoms with Crippen molar-refractivity contribution >= 4 is 0 Å². The summed E-state index contributed by atoms with van der Waals surface area (Å²) in [5.74, 6) is 3.23. The first-order chi connectivity index (χ1) is 8.19. The van der Waals surface area contributed by atoms with Crippen LogP contribution in [0.4, 0.5) is 0 Å². The van der Waals surface area contributed by atoms with E-state index in [0.29, 0.717) is 0 Å². The van der Waals surface area contributed by atoms with Crippen LogP contribution in [-0.4, -0.2) is 0 Å². The predicted octanol–water partition coefficient (Wildman–Crippen LogP) is 5.99. The van der Waals surface area contributed by atoms with Gasteiger partial charge >= 0.3 is 0 Å². The van der Waals surface area contributed by atoms with Crippen molar-refractivity contribution in [3.05, 3.63) is 35.4 Å². The van der Waals surface area contributed by atoms with Crippen molar-refractivity contribution < 1.29 is 0 Å². The molecule has 0 saturated heterocycles. The summed E-state index contributed by atoms with van der Waals surface area (Å²) < 4.78 is 0. The van der Waals surface area contributed by atoms with E-state index in [4.69, 9.17) is 0 Å². The van der Waals surface area contributed by atoms with Gasteiger partial charge in [0.05, 0.1) is 0 Å². The lowest BCUT2D eigenvalue weighted by Crippen LogP contribution is -2.25. The van der Waals surface area contributed by atoms with Gasteiger partial charge in [-0.05, 0) is 41.2 Å². The van der Waals surface area contributed by atoms with E-state index in [9.17, 15) is 0 Å². The molecule has 0 bridgehead atoms. The first-order valence-electron chi connectivity index (χ1n) is 7.27. The lowest BCUT2D eigenvalue weighted by atomic mass is 9.66. The number of fused-ring (bicyclic) bond motifs is 1. The third-order valence-corrected chi connectivity index (χ3v) is 5.01. The van der Waals surface area contributed by atoms with Crippen molar-refractivity contribution in [1.29, 1.82) is 0 Å². The Bertz CT molecular complexity index is 366. The Hall–Kier alpha value is -0.780. The summed E-state index contributed by atoms with van der Waals surface area (Å²) in [6, 6.07) is 9.15. The number of hydrogen-bond donors (Lipinski definition) is 0. The zero-order valence-electron chi connectivity index (χ0n) is 11.7. The van der Waals surface area contributed by atoms with Crippen molar-refractivity contribution in [2.75, 3.05) is 0 Å². The Labute approximate surface area is 114 Å². The summed E-state index contributed by atoms with van der Waals surface area (Å²) in [5, 5.41) is 0. The highest BCUT2D eigenvalue weighted by Gasteiger charge is 2.33. The quantitative estimate of drug-likeness (QED) is 0.615. The molecule has 2 rings (SSSR count). The van der Waals surface area contributed by atoms with Crippen LogP contribution in [-0.2, 0) is 0 Å². The molecule has 0 fully saturated rings. The lowest BCUT2D eigenvalue weighted by Gasteiger charge is -2.38. The van der Waals surface area contributed by atoms with Gasteiger partial charge in [0.15, 0.2) is 0 Å². The maximum absolute atomic E-state index is 2.42. The van der Waals surface area contributed by atoms with Gasteiger partial charge in [0.25, 0.3) is 0 Å². The van der Waals surface area contributed by atoms with Gasteiger partial charge in [-0.15, -0.1) is 0 Å². The molecule has 4 atom stereocenters. The molecule has 102 valence electrons. The molecular weight excluding hydrogens is 216 g/mol. The Balaban J connectivity index is 0.00000162. The molecule has 4 unspecified atom stereocenters. The predicted molar refractivity (Wildman–Crippen MR) is 82.2 cm³/mol. The van der Waals surface area contributed by atoms with Gasteiger partial charge in [0.2, 0.25) is 0 Å². The third-order valence-electron chi connectivity index (χ3n) is 5.01. The molecule has 0 saturated carbocycles. The Morgan fingerprint density at radius 2 is 1.78 bits per heavy atom. The summed E-state index contributed by atoms with van der Waals surface area (Å²) >= 11 is 0. The van der Waals surface area contributed by atoms with Crippen LogP contribution in [0.1, 0.15) is 77.3 Å². The fraction of sp³-hybridized carbons (Fsp3) is 0.667. The van der Waals surface area contributed by atoms with E-state index in [0.717, 1.165) is 23.7 Å². The zero-order chi connectivity index (χ0) is 12.4. The highest BCUT2D eigenvalue weighted by atomic mass is 14.4. The van der Waals surface area contributed by atoms with Crippen LogP contribution in [0.15, 0.2) is 24.3 Å². The largest absolute Gasteiger partial charge is 0.0776 e. The lowest BCUT2D eigenvalue weighted by molar-refractivity contribution is 0.287. The van der Waals surface area contributed by atoms with Crippen LogP contribution in [0, 0.1) is 11.8 Å². The van der Waals surface area contributed by atoms with Gasteiger partial charge < -0.3 is 0 Å². The molecule has 0 aliphatic heterocycles. The van der Waals surface area contributed by atoms with E-state index >= 15 is 0 Å². The van der Waals surface area contributed by atoms with Gasteiger partial charge in [-0.3, -0.25) is 0 Å². The maximum Gasteiger partial charge on any atom is -0.0131 e. The summed E-state index contributed by atoms with van der Waals surface area (Å²) in [4.78, 5) is 0. The second-order valence-corrected chi connectivity index (χ2v) is 5.81. The van der Waals surface area contributed by atoms with Crippen molar-refractivity contribution in [3.63, 3.8) is 0 Å². The molecule has 0 spiro atoms. The molecule has 1 aromatic rings. The fourth-order valence-corrected chi connectivity index (χ4v) is 3.52. The molecule has 0 N–H and O–H groups in total. The first-order valence-corrected chi connectivity index (χ1v) is 7.27. The minimum absolute atomic E-state index is 0. The molecule has 1 aliphatic rings. The number of rotatable bonds is 3. The summed E-state index contributed by atoms with van der Waals surface area (Å²) in [5.41, 5.74) is 3.26. The maximum atomic E-state index is 2.42. The normalized spacial score (nSPS) is 28.1. The van der Waals surface area contributed by atoms with Crippen LogP contribution in [0.5, 0.6) is 0 Å². The van der Waals surface area contributed by atoms with Crippen molar-refractivity contribution in [2.45, 2.75) is 66.2 Å². The van der Waals surface area contributed by atoms with Crippen molar-refractivity contribution in [3.8, 4) is 0 Å². The van der Waals surface area contributed by atoms with Crippen LogP contribution in [0.3, 0.4) is 0 Å². The molecule has 1 aliphatic carbocycles. The van der Waals surface area contributed by atoms with E-state index in [1.54, 1.807) is 11.1 Å². The second-order valence-electron chi connectivity index (χ2n) is 5.81. The molecular formula is C18H30. The second kappa shape index (κ2) is 6.41. The Morgan fingerprint density at radius 3 is 2.33 bits per heavy atom. The smallest absolute Gasteiger partial charge is 0.0131 e. The molecule has 0 heteroatoms. The van der Waals surface area contributed by atoms with E-state index in [2.05, 4.69) is 52.0 Å². The third kappa shape index (κ3) is 2.63. The van der Waals surface area contributed by atoms with E-state index in [1.165, 1.54) is 19.3 Å². The van der Waals surface area contributed by atoms with Crippen LogP contribution in [0.2, 0.25) is 0 Å². The molecule has 0 nitrogen and oxygen atoms in total. The van der Waals surface area contributed by atoms with Gasteiger partial charge in [0, 0.05) is 0 Å². The monoisotopic (exact) mass is 246 g/mol. The average molecular weight is 246 g/mol. The standard InChI is InChI=1S/C17H26.CH4/c1-5-12(3)17-11-14(6-2)13(4)15-9-7-8-10-16(15)17;/h7-10,12-14,17H,5-6,11H2,1-4H3;1H4. The summed E-state index contributed by atoms with van der Waals surface area (Å²) in [6.45, 7) is 9.51. The molecule has 18 heavy (non-hydrogen) atoms. The van der Waals surface area contributed by atoms with E-state index in [-0.39, 0.29) is 7.43 Å². The van der Waals surface area contributed by atoms with Crippen LogP contribution >= 0.6 is 0 Å². The van der Waals surface area contributed by atoms with Gasteiger partial charge in [-0.25, -0.2) is 0 Å². The van der Waals surface area contributed by atoms with Crippen LogP contribution < -0.4 is 0 Å². The minimum Gasteiger partial charge on any atom is -0.0776 e.